The van der Waals surface area contributed by atoms with Gasteiger partial charge in [0.25, 0.3) is 0 Å². The smallest absolute Gasteiger partial charge is 0.137 e. The van der Waals surface area contributed by atoms with Crippen LogP contribution in [0.2, 0.25) is 0 Å². The quantitative estimate of drug-likeness (QED) is 0.176. The Labute approximate surface area is 328 Å². The van der Waals surface area contributed by atoms with Crippen LogP contribution in [0.1, 0.15) is 49.9 Å². The average molecular weight is 720 g/mol. The molecule has 0 bridgehead atoms. The van der Waals surface area contributed by atoms with Crippen molar-refractivity contribution in [3.63, 3.8) is 0 Å². The molecule has 268 valence electrons. The second-order valence-electron chi connectivity index (χ2n) is 16.5. The van der Waals surface area contributed by atoms with Crippen molar-refractivity contribution in [2.75, 3.05) is 4.90 Å². The van der Waals surface area contributed by atoms with E-state index in [0.717, 1.165) is 39.0 Å². The molecule has 2 heteroatoms. The number of hydrogen-bond acceptors (Lipinski definition) is 2. The SMILES string of the molecule is CC1(C)c2ccccc2-c2ccc(N(c3cc(-c4ccccc4)c4c(c3)C(C)(C)c3ccccc3-4)c3cccc4oc5ccc(-c6ccccc6)cc5c34)cc21. The maximum Gasteiger partial charge on any atom is 0.137 e. The van der Waals surface area contributed by atoms with Crippen molar-refractivity contribution < 1.29 is 4.42 Å². The van der Waals surface area contributed by atoms with Gasteiger partial charge in [-0.25, -0.2) is 0 Å². The van der Waals surface area contributed by atoms with E-state index in [0.29, 0.717) is 0 Å². The van der Waals surface area contributed by atoms with Gasteiger partial charge < -0.3 is 9.32 Å². The Hall–Kier alpha value is -6.64. The summed E-state index contributed by atoms with van der Waals surface area (Å²) in [5.41, 5.74) is 20.2. The molecule has 0 radical (unpaired) electrons. The third-order valence-electron chi connectivity index (χ3n) is 12.7. The lowest BCUT2D eigenvalue weighted by Crippen LogP contribution is -2.18. The molecule has 56 heavy (non-hydrogen) atoms. The number of nitrogens with zero attached hydrogens (tertiary/aromatic N) is 1. The zero-order valence-corrected chi connectivity index (χ0v) is 32.1. The lowest BCUT2D eigenvalue weighted by Gasteiger charge is -2.31. The van der Waals surface area contributed by atoms with Crippen molar-refractivity contribution >= 4 is 39.0 Å². The van der Waals surface area contributed by atoms with Crippen LogP contribution in [0.4, 0.5) is 17.1 Å². The van der Waals surface area contributed by atoms with Crippen LogP contribution in [0.25, 0.3) is 66.4 Å². The minimum Gasteiger partial charge on any atom is -0.456 e. The lowest BCUT2D eigenvalue weighted by molar-refractivity contribution is 0.660. The van der Waals surface area contributed by atoms with Crippen LogP contribution < -0.4 is 4.90 Å². The molecule has 0 aliphatic heterocycles. The molecule has 0 fully saturated rings. The first-order chi connectivity index (χ1) is 27.3. The predicted octanol–water partition coefficient (Wildman–Crippen LogP) is 15.0. The fourth-order valence-corrected chi connectivity index (χ4v) is 9.84. The number of anilines is 3. The van der Waals surface area contributed by atoms with E-state index in [1.165, 1.54) is 66.8 Å². The van der Waals surface area contributed by atoms with E-state index < -0.39 is 0 Å². The number of benzene rings is 8. The minimum absolute atomic E-state index is 0.149. The molecule has 2 aliphatic carbocycles. The third-order valence-corrected chi connectivity index (χ3v) is 12.7. The summed E-state index contributed by atoms with van der Waals surface area (Å²) in [7, 11) is 0. The molecule has 0 N–H and O–H groups in total. The van der Waals surface area contributed by atoms with E-state index in [9.17, 15) is 0 Å². The van der Waals surface area contributed by atoms with Crippen LogP contribution in [-0.2, 0) is 10.8 Å². The van der Waals surface area contributed by atoms with E-state index in [-0.39, 0.29) is 10.8 Å². The van der Waals surface area contributed by atoms with E-state index in [4.69, 9.17) is 4.42 Å². The standard InChI is InChI=1S/C54H41NO/c1-53(2)44-22-13-11-20-39(44)40-28-27-37(32-46(40)53)55(48-24-15-25-50-52(48)43-30-36(26-29-49(43)56-50)34-16-7-5-8-17-34)38-31-42(35-18-9-6-10-19-35)51-41-21-12-14-23-45(41)54(3,4)47(51)33-38/h5-33H,1-4H3. The first-order valence-electron chi connectivity index (χ1n) is 19.7. The lowest BCUT2D eigenvalue weighted by atomic mass is 9.81. The van der Waals surface area contributed by atoms with Gasteiger partial charge in [0.1, 0.15) is 11.2 Å². The van der Waals surface area contributed by atoms with E-state index in [2.05, 4.69) is 209 Å². The molecule has 11 rings (SSSR count). The highest BCUT2D eigenvalue weighted by atomic mass is 16.3. The maximum absolute atomic E-state index is 6.67. The molecular weight excluding hydrogens is 679 g/mol. The molecule has 0 amide bonds. The van der Waals surface area contributed by atoms with Crippen LogP contribution in [-0.4, -0.2) is 0 Å². The fourth-order valence-electron chi connectivity index (χ4n) is 9.84. The van der Waals surface area contributed by atoms with Crippen LogP contribution in [0.3, 0.4) is 0 Å². The van der Waals surface area contributed by atoms with E-state index in [1.807, 2.05) is 0 Å². The van der Waals surface area contributed by atoms with Crippen molar-refractivity contribution in [1.82, 2.24) is 0 Å². The summed E-state index contributed by atoms with van der Waals surface area (Å²) < 4.78 is 6.67. The number of furan rings is 1. The number of rotatable bonds is 5. The van der Waals surface area contributed by atoms with Gasteiger partial charge in [-0.15, -0.1) is 0 Å². The van der Waals surface area contributed by atoms with Crippen molar-refractivity contribution in [3.05, 3.63) is 198 Å². The summed E-state index contributed by atoms with van der Waals surface area (Å²) in [4.78, 5) is 2.50. The summed E-state index contributed by atoms with van der Waals surface area (Å²) in [5.74, 6) is 0. The topological polar surface area (TPSA) is 16.4 Å². The van der Waals surface area contributed by atoms with Gasteiger partial charge in [-0.3, -0.25) is 0 Å². The van der Waals surface area contributed by atoms with Crippen molar-refractivity contribution in [2.24, 2.45) is 0 Å². The van der Waals surface area contributed by atoms with Gasteiger partial charge in [-0.1, -0.05) is 155 Å². The van der Waals surface area contributed by atoms with Gasteiger partial charge in [-0.2, -0.15) is 0 Å². The third kappa shape index (κ3) is 4.69. The van der Waals surface area contributed by atoms with Gasteiger partial charge in [0.05, 0.1) is 11.1 Å². The van der Waals surface area contributed by atoms with Crippen LogP contribution in [0.5, 0.6) is 0 Å². The van der Waals surface area contributed by atoms with Crippen LogP contribution in [0.15, 0.2) is 180 Å². The van der Waals surface area contributed by atoms with Gasteiger partial charge in [0, 0.05) is 27.6 Å². The molecule has 0 unspecified atom stereocenters. The van der Waals surface area contributed by atoms with Crippen LogP contribution in [0, 0.1) is 0 Å². The average Bonchev–Trinajstić information content (AvgIpc) is 3.81. The predicted molar refractivity (Wildman–Crippen MR) is 234 cm³/mol. The Morgan fingerprint density at radius 3 is 1.79 bits per heavy atom. The van der Waals surface area contributed by atoms with Gasteiger partial charge in [0.2, 0.25) is 0 Å². The Balaban J connectivity index is 1.22. The van der Waals surface area contributed by atoms with E-state index >= 15 is 0 Å². The molecule has 1 heterocycles. The molecule has 1 aromatic heterocycles. The monoisotopic (exact) mass is 719 g/mol. The summed E-state index contributed by atoms with van der Waals surface area (Å²) in [5, 5.41) is 2.21. The summed E-state index contributed by atoms with van der Waals surface area (Å²) >= 11 is 0. The van der Waals surface area contributed by atoms with Crippen molar-refractivity contribution in [1.29, 1.82) is 0 Å². The normalized spacial score (nSPS) is 14.4. The Kier molecular flexibility index (Phi) is 6.98. The molecule has 0 saturated heterocycles. The van der Waals surface area contributed by atoms with Gasteiger partial charge in [0.15, 0.2) is 0 Å². The first-order valence-corrected chi connectivity index (χ1v) is 19.7. The largest absolute Gasteiger partial charge is 0.456 e. The molecule has 0 saturated carbocycles. The highest BCUT2D eigenvalue weighted by Crippen LogP contribution is 2.56. The zero-order valence-electron chi connectivity index (χ0n) is 32.1. The zero-order chi connectivity index (χ0) is 37.8. The summed E-state index contributed by atoms with van der Waals surface area (Å²) in [6.07, 6.45) is 0. The van der Waals surface area contributed by atoms with Crippen molar-refractivity contribution in [2.45, 2.75) is 38.5 Å². The molecule has 0 spiro atoms. The fraction of sp³-hybridized carbons (Fsp3) is 0.111. The molecule has 9 aromatic rings. The maximum atomic E-state index is 6.67. The second kappa shape index (κ2) is 11.9. The van der Waals surface area contributed by atoms with Crippen LogP contribution >= 0.6 is 0 Å². The number of hydrogen-bond donors (Lipinski definition) is 0. The molecule has 0 atom stereocenters. The Morgan fingerprint density at radius 2 is 1.02 bits per heavy atom. The molecule has 8 aromatic carbocycles. The molecule has 2 nitrogen and oxygen atoms in total. The van der Waals surface area contributed by atoms with Gasteiger partial charge in [-0.05, 0) is 115 Å². The Bertz CT molecular complexity index is 3020. The molecule has 2 aliphatic rings. The summed E-state index contributed by atoms with van der Waals surface area (Å²) in [6.45, 7) is 9.49. The molecular formula is C54H41NO. The summed E-state index contributed by atoms with van der Waals surface area (Å²) in [6, 6.07) is 64.6. The second-order valence-corrected chi connectivity index (χ2v) is 16.5. The van der Waals surface area contributed by atoms with Crippen molar-refractivity contribution in [3.8, 4) is 44.5 Å². The first kappa shape index (κ1) is 32.8. The highest BCUT2D eigenvalue weighted by Gasteiger charge is 2.39. The Morgan fingerprint density at radius 1 is 0.393 bits per heavy atom. The van der Waals surface area contributed by atoms with E-state index in [1.54, 1.807) is 0 Å². The van der Waals surface area contributed by atoms with Gasteiger partial charge >= 0.3 is 0 Å². The highest BCUT2D eigenvalue weighted by molar-refractivity contribution is 6.14. The number of fused-ring (bicyclic) bond motifs is 9. The minimum atomic E-state index is -0.197.